The zero-order valence-electron chi connectivity index (χ0n) is 10.00. The molecular weight excluding hydrogens is 375 g/mol. The average molecular weight is 386 g/mol. The minimum Gasteiger partial charge on any atom is -0.299 e. The first-order chi connectivity index (χ1) is 9.04. The maximum atomic E-state index is 13.6. The lowest BCUT2D eigenvalue weighted by molar-refractivity contribution is -0.117. The zero-order valence-corrected chi connectivity index (χ0v) is 13.2. The molecule has 0 radical (unpaired) electrons. The number of carbonyl (C=O) groups is 1. The van der Waals surface area contributed by atoms with Crippen molar-refractivity contribution in [1.29, 1.82) is 0 Å². The SMILES string of the molecule is O=C(Cc1cccc(Br)c1)Cc1cc(Br)ccc1F. The van der Waals surface area contributed by atoms with E-state index in [2.05, 4.69) is 31.9 Å². The lowest BCUT2D eigenvalue weighted by Gasteiger charge is -2.04. The van der Waals surface area contributed by atoms with Crippen LogP contribution in [0.2, 0.25) is 0 Å². The number of halogens is 3. The molecule has 98 valence electrons. The van der Waals surface area contributed by atoms with Gasteiger partial charge < -0.3 is 0 Å². The Morgan fingerprint density at radius 2 is 1.74 bits per heavy atom. The van der Waals surface area contributed by atoms with Gasteiger partial charge >= 0.3 is 0 Å². The van der Waals surface area contributed by atoms with Crippen molar-refractivity contribution in [2.45, 2.75) is 12.8 Å². The summed E-state index contributed by atoms with van der Waals surface area (Å²) in [5, 5.41) is 0. The first-order valence-corrected chi connectivity index (χ1v) is 7.33. The van der Waals surface area contributed by atoms with Crippen molar-refractivity contribution in [3.05, 3.63) is 68.4 Å². The first-order valence-electron chi connectivity index (χ1n) is 5.74. The molecule has 0 amide bonds. The van der Waals surface area contributed by atoms with E-state index in [1.54, 1.807) is 12.1 Å². The summed E-state index contributed by atoms with van der Waals surface area (Å²) in [6, 6.07) is 12.2. The fraction of sp³-hybridized carbons (Fsp3) is 0.133. The molecule has 0 N–H and O–H groups in total. The van der Waals surface area contributed by atoms with E-state index in [4.69, 9.17) is 0 Å². The van der Waals surface area contributed by atoms with Crippen LogP contribution in [0.5, 0.6) is 0 Å². The van der Waals surface area contributed by atoms with Gasteiger partial charge in [-0.05, 0) is 41.5 Å². The van der Waals surface area contributed by atoms with Gasteiger partial charge in [0.05, 0.1) is 0 Å². The van der Waals surface area contributed by atoms with Crippen molar-refractivity contribution in [1.82, 2.24) is 0 Å². The summed E-state index contributed by atoms with van der Waals surface area (Å²) in [5.41, 5.74) is 1.35. The maximum Gasteiger partial charge on any atom is 0.141 e. The lowest BCUT2D eigenvalue weighted by Crippen LogP contribution is -2.08. The normalized spacial score (nSPS) is 10.5. The summed E-state index contributed by atoms with van der Waals surface area (Å²) in [6.45, 7) is 0. The molecule has 0 saturated carbocycles. The van der Waals surface area contributed by atoms with Crippen LogP contribution in [-0.2, 0) is 17.6 Å². The van der Waals surface area contributed by atoms with Crippen molar-refractivity contribution in [3.8, 4) is 0 Å². The molecule has 0 spiro atoms. The van der Waals surface area contributed by atoms with Crippen molar-refractivity contribution < 1.29 is 9.18 Å². The first kappa shape index (κ1) is 14.4. The predicted octanol–water partition coefficient (Wildman–Crippen LogP) is 4.71. The smallest absolute Gasteiger partial charge is 0.141 e. The third-order valence-corrected chi connectivity index (χ3v) is 3.67. The number of hydrogen-bond donors (Lipinski definition) is 0. The van der Waals surface area contributed by atoms with Crippen molar-refractivity contribution in [2.75, 3.05) is 0 Å². The fourth-order valence-electron chi connectivity index (χ4n) is 1.83. The molecule has 1 nitrogen and oxygen atoms in total. The second-order valence-electron chi connectivity index (χ2n) is 4.26. The third-order valence-electron chi connectivity index (χ3n) is 2.69. The molecular formula is C15H11Br2FO. The van der Waals surface area contributed by atoms with E-state index in [1.165, 1.54) is 6.07 Å². The van der Waals surface area contributed by atoms with E-state index in [9.17, 15) is 9.18 Å². The van der Waals surface area contributed by atoms with E-state index in [-0.39, 0.29) is 18.0 Å². The second kappa shape index (κ2) is 6.44. The topological polar surface area (TPSA) is 17.1 Å². The highest BCUT2D eigenvalue weighted by atomic mass is 79.9. The molecule has 0 atom stereocenters. The quantitative estimate of drug-likeness (QED) is 0.745. The molecule has 4 heteroatoms. The Balaban J connectivity index is 2.07. The number of rotatable bonds is 4. The van der Waals surface area contributed by atoms with Gasteiger partial charge in [-0.1, -0.05) is 44.0 Å². The van der Waals surface area contributed by atoms with Crippen LogP contribution in [0, 0.1) is 5.82 Å². The molecule has 0 heterocycles. The number of benzene rings is 2. The van der Waals surface area contributed by atoms with Gasteiger partial charge in [0.25, 0.3) is 0 Å². The van der Waals surface area contributed by atoms with Crippen LogP contribution >= 0.6 is 31.9 Å². The standard InChI is InChI=1S/C15H11Br2FO/c16-12-3-1-2-10(6-12)7-14(19)9-11-8-13(17)4-5-15(11)18/h1-6,8H,7,9H2. The van der Waals surface area contributed by atoms with Gasteiger partial charge in [0, 0.05) is 21.8 Å². The number of Topliss-reactive ketones (excluding diaryl/α,β-unsaturated/α-hetero) is 1. The molecule has 0 saturated heterocycles. The maximum absolute atomic E-state index is 13.6. The molecule has 0 aliphatic rings. The van der Waals surface area contributed by atoms with E-state index >= 15 is 0 Å². The molecule has 0 aliphatic carbocycles. The van der Waals surface area contributed by atoms with Crippen molar-refractivity contribution in [3.63, 3.8) is 0 Å². The zero-order chi connectivity index (χ0) is 13.8. The monoisotopic (exact) mass is 384 g/mol. The van der Waals surface area contributed by atoms with Crippen LogP contribution in [0.4, 0.5) is 4.39 Å². The molecule has 19 heavy (non-hydrogen) atoms. The van der Waals surface area contributed by atoms with E-state index in [1.807, 2.05) is 24.3 Å². The Morgan fingerprint density at radius 3 is 2.47 bits per heavy atom. The Hall–Kier alpha value is -1.00. The van der Waals surface area contributed by atoms with Gasteiger partial charge in [0.1, 0.15) is 11.6 Å². The van der Waals surface area contributed by atoms with Crippen LogP contribution in [0.1, 0.15) is 11.1 Å². The molecule has 0 fully saturated rings. The molecule has 0 unspecified atom stereocenters. The van der Waals surface area contributed by atoms with E-state index < -0.39 is 0 Å². The lowest BCUT2D eigenvalue weighted by atomic mass is 10.0. The summed E-state index contributed by atoms with van der Waals surface area (Å²) in [5.74, 6) is -0.346. The van der Waals surface area contributed by atoms with E-state index in [0.29, 0.717) is 12.0 Å². The fourth-order valence-corrected chi connectivity index (χ4v) is 2.68. The average Bonchev–Trinajstić information content (AvgIpc) is 2.34. The van der Waals surface area contributed by atoms with Crippen LogP contribution in [0.15, 0.2) is 51.4 Å². The summed E-state index contributed by atoms with van der Waals surface area (Å²) >= 11 is 6.64. The third kappa shape index (κ3) is 4.25. The number of carbonyl (C=O) groups excluding carboxylic acids is 1. The molecule has 0 bridgehead atoms. The van der Waals surface area contributed by atoms with Gasteiger partial charge in [-0.25, -0.2) is 4.39 Å². The largest absolute Gasteiger partial charge is 0.299 e. The highest BCUT2D eigenvalue weighted by Crippen LogP contribution is 2.17. The van der Waals surface area contributed by atoms with Crippen molar-refractivity contribution >= 4 is 37.6 Å². The minimum absolute atomic E-state index is 0.00454. The Bertz CT molecular complexity index is 611. The van der Waals surface area contributed by atoms with Crippen LogP contribution in [0.25, 0.3) is 0 Å². The van der Waals surface area contributed by atoms with Gasteiger partial charge in [-0.2, -0.15) is 0 Å². The molecule has 0 aliphatic heterocycles. The Labute approximate surface area is 128 Å². The van der Waals surface area contributed by atoms with Gasteiger partial charge in [-0.3, -0.25) is 4.79 Å². The van der Waals surface area contributed by atoms with Crippen LogP contribution < -0.4 is 0 Å². The molecule has 2 aromatic rings. The number of hydrogen-bond acceptors (Lipinski definition) is 1. The van der Waals surface area contributed by atoms with Crippen LogP contribution in [0.3, 0.4) is 0 Å². The predicted molar refractivity (Wildman–Crippen MR) is 80.7 cm³/mol. The molecule has 2 rings (SSSR count). The van der Waals surface area contributed by atoms with E-state index in [0.717, 1.165) is 14.5 Å². The van der Waals surface area contributed by atoms with Crippen molar-refractivity contribution in [2.24, 2.45) is 0 Å². The number of ketones is 1. The van der Waals surface area contributed by atoms with Gasteiger partial charge in [-0.15, -0.1) is 0 Å². The summed E-state index contributed by atoms with van der Waals surface area (Å²) in [6.07, 6.45) is 0.420. The highest BCUT2D eigenvalue weighted by molar-refractivity contribution is 9.10. The molecule has 2 aromatic carbocycles. The Kier molecular flexibility index (Phi) is 4.88. The Morgan fingerprint density at radius 1 is 1.00 bits per heavy atom. The van der Waals surface area contributed by atoms with Gasteiger partial charge in [0.15, 0.2) is 0 Å². The molecule has 0 aromatic heterocycles. The second-order valence-corrected chi connectivity index (χ2v) is 6.09. The minimum atomic E-state index is -0.342. The highest BCUT2D eigenvalue weighted by Gasteiger charge is 2.10. The summed E-state index contributed by atoms with van der Waals surface area (Å²) < 4.78 is 15.3. The van der Waals surface area contributed by atoms with Gasteiger partial charge in [0.2, 0.25) is 0 Å². The summed E-state index contributed by atoms with van der Waals surface area (Å²) in [4.78, 5) is 12.0. The summed E-state index contributed by atoms with van der Waals surface area (Å²) in [7, 11) is 0. The van der Waals surface area contributed by atoms with Crippen LogP contribution in [-0.4, -0.2) is 5.78 Å².